The molecule has 0 radical (unpaired) electrons. The number of sulfonamides is 1. The number of hydrogen-bond acceptors (Lipinski definition) is 5. The van der Waals surface area contributed by atoms with E-state index in [0.29, 0.717) is 6.42 Å². The van der Waals surface area contributed by atoms with Gasteiger partial charge in [0.15, 0.2) is 4.90 Å². The minimum atomic E-state index is -4.10. The van der Waals surface area contributed by atoms with Crippen LogP contribution in [0.15, 0.2) is 20.7 Å². The molecule has 0 amide bonds. The molecular formula is C12H21N3O5S. The van der Waals surface area contributed by atoms with Crippen molar-refractivity contribution in [1.29, 1.82) is 0 Å². The van der Waals surface area contributed by atoms with E-state index in [1.54, 1.807) is 13.8 Å². The van der Waals surface area contributed by atoms with Crippen molar-refractivity contribution in [2.45, 2.75) is 37.1 Å². The molecule has 9 heteroatoms. The maximum Gasteiger partial charge on any atom is 0.330 e. The minimum absolute atomic E-state index is 0.182. The number of aliphatic hydroxyl groups is 1. The van der Waals surface area contributed by atoms with Crippen molar-refractivity contribution in [3.63, 3.8) is 0 Å². The molecule has 1 aromatic rings. The Kier molecular flexibility index (Phi) is 5.13. The van der Waals surface area contributed by atoms with Crippen molar-refractivity contribution in [2.24, 2.45) is 14.1 Å². The fourth-order valence-corrected chi connectivity index (χ4v) is 3.55. The Labute approximate surface area is 123 Å². The Morgan fingerprint density at radius 3 is 2.38 bits per heavy atom. The molecule has 120 valence electrons. The largest absolute Gasteiger partial charge is 0.396 e. The highest BCUT2D eigenvalue weighted by Crippen LogP contribution is 2.17. The third-order valence-electron chi connectivity index (χ3n) is 3.53. The molecule has 2 N–H and O–H groups in total. The van der Waals surface area contributed by atoms with Crippen LogP contribution in [0, 0.1) is 0 Å². The van der Waals surface area contributed by atoms with Gasteiger partial charge in [0.1, 0.15) is 0 Å². The zero-order valence-electron chi connectivity index (χ0n) is 12.6. The van der Waals surface area contributed by atoms with Gasteiger partial charge >= 0.3 is 5.69 Å². The summed E-state index contributed by atoms with van der Waals surface area (Å²) in [5, 5.41) is 9.03. The molecule has 0 bridgehead atoms. The monoisotopic (exact) mass is 319 g/mol. The lowest BCUT2D eigenvalue weighted by Gasteiger charge is -2.28. The van der Waals surface area contributed by atoms with Crippen molar-refractivity contribution in [1.82, 2.24) is 13.9 Å². The average molecular weight is 319 g/mol. The Balaban J connectivity index is 3.40. The molecular weight excluding hydrogens is 298 g/mol. The van der Waals surface area contributed by atoms with E-state index in [4.69, 9.17) is 5.11 Å². The lowest BCUT2D eigenvalue weighted by atomic mass is 9.97. The Morgan fingerprint density at radius 2 is 1.90 bits per heavy atom. The summed E-state index contributed by atoms with van der Waals surface area (Å²) in [6.07, 6.45) is 1.66. The summed E-state index contributed by atoms with van der Waals surface area (Å²) >= 11 is 0. The first-order valence-electron chi connectivity index (χ1n) is 6.49. The number of rotatable bonds is 6. The van der Waals surface area contributed by atoms with E-state index in [2.05, 4.69) is 4.72 Å². The molecule has 1 aromatic heterocycles. The number of nitrogens with one attached hydrogen (secondary N) is 1. The highest BCUT2D eigenvalue weighted by molar-refractivity contribution is 7.89. The summed E-state index contributed by atoms with van der Waals surface area (Å²) in [7, 11) is -1.51. The first-order valence-corrected chi connectivity index (χ1v) is 7.98. The summed E-state index contributed by atoms with van der Waals surface area (Å²) < 4.78 is 29.0. The van der Waals surface area contributed by atoms with Crippen LogP contribution in [-0.2, 0) is 24.1 Å². The molecule has 21 heavy (non-hydrogen) atoms. The smallest absolute Gasteiger partial charge is 0.330 e. The van der Waals surface area contributed by atoms with Crippen LogP contribution in [0.25, 0.3) is 0 Å². The van der Waals surface area contributed by atoms with Crippen molar-refractivity contribution >= 4 is 10.0 Å². The second-order valence-electron chi connectivity index (χ2n) is 5.24. The van der Waals surface area contributed by atoms with E-state index < -0.39 is 31.7 Å². The van der Waals surface area contributed by atoms with Crippen LogP contribution in [0.3, 0.4) is 0 Å². The molecule has 1 atom stereocenters. The fourth-order valence-electron chi connectivity index (χ4n) is 1.89. The summed E-state index contributed by atoms with van der Waals surface area (Å²) in [4.78, 5) is 23.1. The maximum atomic E-state index is 12.4. The van der Waals surface area contributed by atoms with Crippen molar-refractivity contribution in [2.75, 3.05) is 6.61 Å². The normalized spacial score (nSPS) is 14.9. The van der Waals surface area contributed by atoms with Gasteiger partial charge in [-0.1, -0.05) is 6.92 Å². The Bertz CT molecular complexity index is 734. The molecule has 0 fully saturated rings. The molecule has 1 rings (SSSR count). The number of aryl methyl sites for hydroxylation is 1. The molecule has 8 nitrogen and oxygen atoms in total. The lowest BCUT2D eigenvalue weighted by Crippen LogP contribution is -2.49. The Hall–Kier alpha value is -1.45. The standard InChI is InChI=1S/C12H21N3O5S/c1-5-12(2,6-7-16)13-21(19,20)9-8-14(3)11(18)15(4)10(9)17/h8,13,16H,5-7H2,1-4H3. The van der Waals surface area contributed by atoms with Crippen molar-refractivity contribution < 1.29 is 13.5 Å². The molecule has 0 spiro atoms. The number of nitrogens with zero attached hydrogens (tertiary/aromatic N) is 2. The molecule has 0 aliphatic carbocycles. The first kappa shape index (κ1) is 17.6. The molecule has 0 saturated heterocycles. The van der Waals surface area contributed by atoms with Gasteiger partial charge < -0.3 is 9.67 Å². The summed E-state index contributed by atoms with van der Waals surface area (Å²) in [6, 6.07) is 0. The number of hydrogen-bond donors (Lipinski definition) is 2. The van der Waals surface area contributed by atoms with Gasteiger partial charge in [0, 0.05) is 32.4 Å². The van der Waals surface area contributed by atoms with E-state index in [9.17, 15) is 18.0 Å². The van der Waals surface area contributed by atoms with E-state index in [0.717, 1.165) is 15.3 Å². The van der Waals surface area contributed by atoms with Crippen molar-refractivity contribution in [3.8, 4) is 0 Å². The number of aliphatic hydroxyl groups excluding tert-OH is 1. The van der Waals surface area contributed by atoms with Gasteiger partial charge in [0.2, 0.25) is 10.0 Å². The van der Waals surface area contributed by atoms with Crippen LogP contribution in [0.2, 0.25) is 0 Å². The van der Waals surface area contributed by atoms with Crippen LogP contribution in [0.1, 0.15) is 26.7 Å². The van der Waals surface area contributed by atoms with Crippen LogP contribution >= 0.6 is 0 Å². The fraction of sp³-hybridized carbons (Fsp3) is 0.667. The molecule has 0 aliphatic rings. The third-order valence-corrected chi connectivity index (χ3v) is 5.15. The maximum absolute atomic E-state index is 12.4. The topological polar surface area (TPSA) is 110 Å². The molecule has 0 saturated carbocycles. The van der Waals surface area contributed by atoms with E-state index >= 15 is 0 Å². The van der Waals surface area contributed by atoms with E-state index in [1.165, 1.54) is 14.1 Å². The first-order chi connectivity index (χ1) is 9.58. The van der Waals surface area contributed by atoms with Gasteiger partial charge in [-0.05, 0) is 19.8 Å². The SMILES string of the molecule is CCC(C)(CCO)NS(=O)(=O)c1cn(C)c(=O)n(C)c1=O. The minimum Gasteiger partial charge on any atom is -0.396 e. The van der Waals surface area contributed by atoms with Gasteiger partial charge in [-0.3, -0.25) is 9.36 Å². The predicted molar refractivity (Wildman–Crippen MR) is 77.6 cm³/mol. The summed E-state index contributed by atoms with van der Waals surface area (Å²) in [5.41, 5.74) is -2.35. The van der Waals surface area contributed by atoms with E-state index in [1.807, 2.05) is 0 Å². The zero-order valence-corrected chi connectivity index (χ0v) is 13.4. The predicted octanol–water partition coefficient (Wildman–Crippen LogP) is -1.09. The van der Waals surface area contributed by atoms with Gasteiger partial charge in [-0.2, -0.15) is 0 Å². The summed E-state index contributed by atoms with van der Waals surface area (Å²) in [5.74, 6) is 0. The second-order valence-corrected chi connectivity index (χ2v) is 6.90. The van der Waals surface area contributed by atoms with Crippen LogP contribution in [-0.4, -0.2) is 34.8 Å². The zero-order chi connectivity index (χ0) is 16.4. The van der Waals surface area contributed by atoms with E-state index in [-0.39, 0.29) is 13.0 Å². The molecule has 0 aromatic carbocycles. The van der Waals surface area contributed by atoms with Gasteiger partial charge in [0.25, 0.3) is 5.56 Å². The summed E-state index contributed by atoms with van der Waals surface area (Å²) in [6.45, 7) is 3.24. The molecule has 1 heterocycles. The molecule has 1 unspecified atom stereocenters. The number of aromatic nitrogens is 2. The highest BCUT2D eigenvalue weighted by Gasteiger charge is 2.31. The Morgan fingerprint density at radius 1 is 1.33 bits per heavy atom. The van der Waals surface area contributed by atoms with Crippen LogP contribution in [0.5, 0.6) is 0 Å². The lowest BCUT2D eigenvalue weighted by molar-refractivity contribution is 0.233. The van der Waals surface area contributed by atoms with Gasteiger partial charge in [-0.25, -0.2) is 17.9 Å². The van der Waals surface area contributed by atoms with Crippen LogP contribution < -0.4 is 16.0 Å². The molecule has 0 aliphatic heterocycles. The quantitative estimate of drug-likeness (QED) is 0.692. The van der Waals surface area contributed by atoms with Gasteiger partial charge in [0.05, 0.1) is 0 Å². The van der Waals surface area contributed by atoms with Crippen LogP contribution in [0.4, 0.5) is 0 Å². The highest BCUT2D eigenvalue weighted by atomic mass is 32.2. The third kappa shape index (κ3) is 3.60. The van der Waals surface area contributed by atoms with Crippen molar-refractivity contribution in [3.05, 3.63) is 27.0 Å². The average Bonchev–Trinajstić information content (AvgIpc) is 2.40. The second kappa shape index (κ2) is 6.12. The van der Waals surface area contributed by atoms with Gasteiger partial charge in [-0.15, -0.1) is 0 Å².